The van der Waals surface area contributed by atoms with Crippen LogP contribution in [-0.2, 0) is 19.8 Å². The van der Waals surface area contributed by atoms with Gasteiger partial charge in [-0.25, -0.2) is 14.4 Å². The minimum Gasteiger partial charge on any atom is -0.468 e. The van der Waals surface area contributed by atoms with E-state index in [0.29, 0.717) is 17.2 Å². The third-order valence-corrected chi connectivity index (χ3v) is 6.94. The Labute approximate surface area is 203 Å². The Kier molecular flexibility index (Phi) is 5.96. The molecule has 2 unspecified atom stereocenters. The van der Waals surface area contributed by atoms with Crippen LogP contribution in [0.25, 0.3) is 11.4 Å². The maximum Gasteiger partial charge on any atom is 0.316 e. The molecule has 2 heterocycles. The number of hydrogen-bond donors (Lipinski definition) is 1. The van der Waals surface area contributed by atoms with Gasteiger partial charge >= 0.3 is 5.97 Å². The Bertz CT molecular complexity index is 1270. The zero-order valence-corrected chi connectivity index (χ0v) is 19.9. The van der Waals surface area contributed by atoms with Crippen molar-refractivity contribution < 1.29 is 18.8 Å². The second-order valence-electron chi connectivity index (χ2n) is 9.16. The number of nitrogens with one attached hydrogen (secondary N) is 1. The topological polar surface area (TPSA) is 85.7 Å². The zero-order valence-electron chi connectivity index (χ0n) is 19.9. The molecule has 1 fully saturated rings. The molecule has 1 N–H and O–H groups in total. The first-order valence-electron chi connectivity index (χ1n) is 11.7. The van der Waals surface area contributed by atoms with Crippen LogP contribution in [0.1, 0.15) is 50.3 Å². The molecule has 1 saturated carbocycles. The summed E-state index contributed by atoms with van der Waals surface area (Å²) in [7, 11) is 1.44. The number of benzene rings is 2. The summed E-state index contributed by atoms with van der Waals surface area (Å²) >= 11 is 0. The first-order chi connectivity index (χ1) is 16.9. The number of carbonyl (C=O) groups is 1. The summed E-state index contributed by atoms with van der Waals surface area (Å²) in [6.07, 6.45) is 2.45. The Balaban J connectivity index is 1.47. The smallest absolute Gasteiger partial charge is 0.316 e. The van der Waals surface area contributed by atoms with Crippen LogP contribution in [0, 0.1) is 5.82 Å². The summed E-state index contributed by atoms with van der Waals surface area (Å²) in [6.45, 7) is 3.87. The number of hydrogen-bond acceptors (Lipinski definition) is 7. The fourth-order valence-corrected chi connectivity index (χ4v) is 4.85. The lowest BCUT2D eigenvalue weighted by molar-refractivity contribution is -0.151. The Hall–Kier alpha value is -3.81. The van der Waals surface area contributed by atoms with E-state index in [1.165, 1.54) is 19.2 Å². The maximum absolute atomic E-state index is 13.5. The molecule has 0 bridgehead atoms. The van der Waals surface area contributed by atoms with Gasteiger partial charge in [0.15, 0.2) is 5.82 Å². The van der Waals surface area contributed by atoms with Crippen molar-refractivity contribution in [2.75, 3.05) is 12.4 Å². The molecular formula is C27H27FN4O3. The van der Waals surface area contributed by atoms with Gasteiger partial charge in [-0.05, 0) is 68.7 Å². The molecule has 35 heavy (non-hydrogen) atoms. The van der Waals surface area contributed by atoms with Gasteiger partial charge in [-0.2, -0.15) is 0 Å². The summed E-state index contributed by atoms with van der Waals surface area (Å²) in [5.41, 5.74) is 3.55. The van der Waals surface area contributed by atoms with Gasteiger partial charge in [0.2, 0.25) is 0 Å². The third kappa shape index (κ3) is 4.24. The molecule has 1 aliphatic heterocycles. The molecular weight excluding hydrogens is 447 g/mol. The molecule has 3 aromatic rings. The van der Waals surface area contributed by atoms with Gasteiger partial charge in [-0.3, -0.25) is 4.79 Å². The van der Waals surface area contributed by atoms with E-state index in [1.54, 1.807) is 12.1 Å². The summed E-state index contributed by atoms with van der Waals surface area (Å²) < 4.78 is 18.6. The minimum atomic E-state index is -0.541. The fourth-order valence-electron chi connectivity index (χ4n) is 4.85. The molecule has 0 saturated heterocycles. The highest BCUT2D eigenvalue weighted by Crippen LogP contribution is 2.45. The average Bonchev–Trinajstić information content (AvgIpc) is 3.17. The van der Waals surface area contributed by atoms with Crippen molar-refractivity contribution in [3.8, 4) is 11.4 Å². The van der Waals surface area contributed by atoms with Crippen molar-refractivity contribution in [1.82, 2.24) is 9.97 Å². The van der Waals surface area contributed by atoms with Gasteiger partial charge in [-0.1, -0.05) is 23.7 Å². The normalized spacial score (nSPS) is 20.4. The van der Waals surface area contributed by atoms with Crippen LogP contribution in [0.3, 0.4) is 0 Å². The molecule has 0 radical (unpaired) electrons. The summed E-state index contributed by atoms with van der Waals surface area (Å²) in [4.78, 5) is 27.3. The number of methoxy groups -OCH3 is 1. The number of esters is 1. The highest BCUT2D eigenvalue weighted by Gasteiger charge is 2.46. The van der Waals surface area contributed by atoms with E-state index in [1.807, 2.05) is 44.2 Å². The Morgan fingerprint density at radius 1 is 1.11 bits per heavy atom. The third-order valence-electron chi connectivity index (χ3n) is 6.94. The van der Waals surface area contributed by atoms with E-state index in [2.05, 4.69) is 10.5 Å². The van der Waals surface area contributed by atoms with Crippen molar-refractivity contribution in [2.24, 2.45) is 5.16 Å². The molecule has 2 atom stereocenters. The van der Waals surface area contributed by atoms with Crippen LogP contribution in [-0.4, -0.2) is 34.9 Å². The quantitative estimate of drug-likeness (QED) is 0.475. The maximum atomic E-state index is 13.5. The molecule has 0 amide bonds. The first kappa shape index (κ1) is 23.0. The van der Waals surface area contributed by atoms with E-state index >= 15 is 0 Å². The number of rotatable bonds is 6. The van der Waals surface area contributed by atoms with E-state index in [0.717, 1.165) is 41.9 Å². The number of carbonyl (C=O) groups excluding carboxylic acids is 1. The second kappa shape index (κ2) is 9.09. The summed E-state index contributed by atoms with van der Waals surface area (Å²) in [6, 6.07) is 15.8. The van der Waals surface area contributed by atoms with E-state index < -0.39 is 5.41 Å². The lowest BCUT2D eigenvalue weighted by Crippen LogP contribution is -2.43. The van der Waals surface area contributed by atoms with Crippen molar-refractivity contribution in [2.45, 2.75) is 50.5 Å². The molecule has 0 spiro atoms. The molecule has 7 nitrogen and oxygen atoms in total. The van der Waals surface area contributed by atoms with E-state index in [4.69, 9.17) is 19.5 Å². The lowest BCUT2D eigenvalue weighted by Gasteiger charge is -2.39. The van der Waals surface area contributed by atoms with Gasteiger partial charge in [0.1, 0.15) is 17.7 Å². The standard InChI is InChI=1S/C27H27FN4O3/c1-16-24(17(2)35-32-16)22-15-23(31-25(30-22)18-5-9-20(28)10-6-18)29-21-11-7-19(8-12-21)27(13-4-14-27)26(33)34-3/h5-12,15,17,24H,4,13-14H2,1-3H3,(H,29,30,31). The lowest BCUT2D eigenvalue weighted by atomic mass is 9.64. The number of ether oxygens (including phenoxy) is 1. The average molecular weight is 475 g/mol. The van der Waals surface area contributed by atoms with Crippen molar-refractivity contribution in [3.05, 3.63) is 71.7 Å². The van der Waals surface area contributed by atoms with Gasteiger partial charge in [-0.15, -0.1) is 0 Å². The van der Waals surface area contributed by atoms with E-state index in [9.17, 15) is 9.18 Å². The molecule has 180 valence electrons. The molecule has 2 aromatic carbocycles. The summed E-state index contributed by atoms with van der Waals surface area (Å²) in [5.74, 6) is 0.464. The van der Waals surface area contributed by atoms with E-state index in [-0.39, 0.29) is 23.8 Å². The van der Waals surface area contributed by atoms with Crippen LogP contribution in [0.15, 0.2) is 59.8 Å². The van der Waals surface area contributed by atoms with Crippen LogP contribution >= 0.6 is 0 Å². The van der Waals surface area contributed by atoms with Gasteiger partial charge in [0.05, 0.1) is 29.8 Å². The Morgan fingerprint density at radius 3 is 2.40 bits per heavy atom. The monoisotopic (exact) mass is 474 g/mol. The van der Waals surface area contributed by atoms with Crippen LogP contribution in [0.2, 0.25) is 0 Å². The number of aromatic nitrogens is 2. The van der Waals surface area contributed by atoms with Crippen LogP contribution in [0.5, 0.6) is 0 Å². The predicted molar refractivity (Wildman–Crippen MR) is 131 cm³/mol. The van der Waals surface area contributed by atoms with Crippen LogP contribution in [0.4, 0.5) is 15.9 Å². The molecule has 1 aliphatic carbocycles. The largest absolute Gasteiger partial charge is 0.468 e. The molecule has 2 aliphatic rings. The summed E-state index contributed by atoms with van der Waals surface area (Å²) in [5, 5.41) is 7.47. The Morgan fingerprint density at radius 2 is 1.83 bits per heavy atom. The highest BCUT2D eigenvalue weighted by atomic mass is 19.1. The van der Waals surface area contributed by atoms with Gasteiger partial charge in [0, 0.05) is 17.3 Å². The van der Waals surface area contributed by atoms with Crippen molar-refractivity contribution in [1.29, 1.82) is 0 Å². The molecule has 8 heteroatoms. The minimum absolute atomic E-state index is 0.112. The predicted octanol–water partition coefficient (Wildman–Crippen LogP) is 5.50. The molecule has 5 rings (SSSR count). The SMILES string of the molecule is COC(=O)C1(c2ccc(Nc3cc(C4C(C)=NOC4C)nc(-c4ccc(F)cc4)n3)cc2)CCC1. The highest BCUT2D eigenvalue weighted by molar-refractivity contribution is 5.90. The number of anilines is 2. The van der Waals surface area contributed by atoms with Gasteiger partial charge in [0.25, 0.3) is 0 Å². The zero-order chi connectivity index (χ0) is 24.6. The first-order valence-corrected chi connectivity index (χ1v) is 11.7. The molecule has 1 aromatic heterocycles. The van der Waals surface area contributed by atoms with Crippen molar-refractivity contribution >= 4 is 23.2 Å². The number of halogens is 1. The number of oxime groups is 1. The van der Waals surface area contributed by atoms with Crippen LogP contribution < -0.4 is 5.32 Å². The van der Waals surface area contributed by atoms with Crippen molar-refractivity contribution in [3.63, 3.8) is 0 Å². The number of nitrogens with zero attached hydrogens (tertiary/aromatic N) is 3. The fraction of sp³-hybridized carbons (Fsp3) is 0.333. The second-order valence-corrected chi connectivity index (χ2v) is 9.16. The van der Waals surface area contributed by atoms with Gasteiger partial charge < -0.3 is 14.9 Å².